The smallest absolute Gasteiger partial charge is 0.0483 e. The van der Waals surface area contributed by atoms with E-state index in [9.17, 15) is 0 Å². The number of rotatable bonds is 3. The monoisotopic (exact) mass is 371 g/mol. The summed E-state index contributed by atoms with van der Waals surface area (Å²) in [4.78, 5) is 0. The molecule has 2 aromatic carbocycles. The quantitative estimate of drug-likeness (QED) is 0.790. The van der Waals surface area contributed by atoms with Crippen LogP contribution < -0.4 is 5.73 Å². The van der Waals surface area contributed by atoms with E-state index >= 15 is 0 Å². The number of halogens is 2. The third-order valence-electron chi connectivity index (χ3n) is 2.99. The minimum absolute atomic E-state index is 0.0579. The fraction of sp³-hybridized carbons (Fsp3) is 0.200. The van der Waals surface area contributed by atoms with Crippen molar-refractivity contribution in [2.45, 2.75) is 19.4 Å². The summed E-state index contributed by atoms with van der Waals surface area (Å²) in [6.07, 6.45) is 0.806. The summed E-state index contributed by atoms with van der Waals surface area (Å²) in [7, 11) is 0. The molecule has 0 saturated carbocycles. The lowest BCUT2D eigenvalue weighted by atomic mass is 9.98. The van der Waals surface area contributed by atoms with Gasteiger partial charge < -0.3 is 5.73 Å². The largest absolute Gasteiger partial charge is 0.324 e. The molecule has 0 fully saturated rings. The molecule has 2 N–H and O–H groups in total. The highest BCUT2D eigenvalue weighted by atomic mass is 127. The van der Waals surface area contributed by atoms with Crippen LogP contribution in [0.25, 0.3) is 0 Å². The third kappa shape index (κ3) is 3.25. The summed E-state index contributed by atoms with van der Waals surface area (Å²) in [5, 5.41) is 0.788. The highest BCUT2D eigenvalue weighted by molar-refractivity contribution is 14.1. The van der Waals surface area contributed by atoms with Gasteiger partial charge in [0.2, 0.25) is 0 Å². The van der Waals surface area contributed by atoms with Gasteiger partial charge in [0.25, 0.3) is 0 Å². The summed E-state index contributed by atoms with van der Waals surface area (Å²) >= 11 is 8.60. The van der Waals surface area contributed by atoms with Crippen LogP contribution in [0.1, 0.15) is 22.7 Å². The van der Waals surface area contributed by atoms with E-state index in [1.54, 1.807) is 0 Å². The Morgan fingerprint density at radius 1 is 1.17 bits per heavy atom. The summed E-state index contributed by atoms with van der Waals surface area (Å²) in [5.74, 6) is 0. The Bertz CT molecular complexity index is 537. The fourth-order valence-electron chi connectivity index (χ4n) is 1.94. The number of hydrogen-bond acceptors (Lipinski definition) is 1. The molecule has 0 aliphatic rings. The van der Waals surface area contributed by atoms with Crippen molar-refractivity contribution < 1.29 is 0 Å². The van der Waals surface area contributed by atoms with Crippen molar-refractivity contribution in [3.05, 3.63) is 67.7 Å². The van der Waals surface area contributed by atoms with Crippen LogP contribution in [0.3, 0.4) is 0 Å². The predicted octanol–water partition coefficient (Wildman–Crippen LogP) is 4.50. The van der Waals surface area contributed by atoms with Gasteiger partial charge in [-0.05, 0) is 64.8 Å². The Morgan fingerprint density at radius 2 is 1.83 bits per heavy atom. The van der Waals surface area contributed by atoms with Crippen molar-refractivity contribution >= 4 is 34.2 Å². The van der Waals surface area contributed by atoms with Gasteiger partial charge in [0, 0.05) is 14.6 Å². The second-order valence-electron chi connectivity index (χ2n) is 4.42. The topological polar surface area (TPSA) is 26.0 Å². The van der Waals surface area contributed by atoms with Gasteiger partial charge in [0.05, 0.1) is 0 Å². The van der Waals surface area contributed by atoms with E-state index in [0.717, 1.165) is 22.6 Å². The zero-order valence-corrected chi connectivity index (χ0v) is 13.1. The van der Waals surface area contributed by atoms with Crippen molar-refractivity contribution in [1.29, 1.82) is 0 Å². The van der Waals surface area contributed by atoms with E-state index in [1.165, 1.54) is 9.13 Å². The van der Waals surface area contributed by atoms with Crippen LogP contribution in [0.15, 0.2) is 42.5 Å². The molecule has 0 aliphatic carbocycles. The van der Waals surface area contributed by atoms with E-state index in [1.807, 2.05) is 25.1 Å². The molecule has 94 valence electrons. The van der Waals surface area contributed by atoms with E-state index < -0.39 is 0 Å². The molecule has 3 heteroatoms. The van der Waals surface area contributed by atoms with Crippen molar-refractivity contribution in [1.82, 2.24) is 0 Å². The zero-order valence-electron chi connectivity index (χ0n) is 10.2. The molecule has 2 rings (SSSR count). The van der Waals surface area contributed by atoms with Gasteiger partial charge in [-0.2, -0.15) is 0 Å². The van der Waals surface area contributed by atoms with Crippen molar-refractivity contribution in [2.24, 2.45) is 5.73 Å². The molecule has 0 bridgehead atoms. The first kappa shape index (κ1) is 13.8. The van der Waals surface area contributed by atoms with Crippen LogP contribution in [-0.2, 0) is 6.42 Å². The Morgan fingerprint density at radius 3 is 2.50 bits per heavy atom. The maximum atomic E-state index is 6.30. The highest BCUT2D eigenvalue weighted by Gasteiger charge is 2.12. The molecular weight excluding hydrogens is 357 g/mol. The van der Waals surface area contributed by atoms with Crippen molar-refractivity contribution in [3.63, 3.8) is 0 Å². The Hall–Kier alpha value is -0.580. The van der Waals surface area contributed by atoms with Crippen molar-refractivity contribution in [3.8, 4) is 0 Å². The third-order valence-corrected chi connectivity index (χ3v) is 4.23. The van der Waals surface area contributed by atoms with Gasteiger partial charge in [-0.1, -0.05) is 41.9 Å². The number of aryl methyl sites for hydroxylation is 1. The van der Waals surface area contributed by atoms with E-state index in [4.69, 9.17) is 17.3 Å². The average molecular weight is 372 g/mol. The minimum atomic E-state index is -0.0579. The molecule has 0 amide bonds. The Kier molecular flexibility index (Phi) is 4.65. The first-order chi connectivity index (χ1) is 8.58. The number of hydrogen-bond donors (Lipinski definition) is 1. The first-order valence-electron chi connectivity index (χ1n) is 5.83. The molecule has 1 unspecified atom stereocenters. The van der Waals surface area contributed by atoms with Gasteiger partial charge in [0.15, 0.2) is 0 Å². The molecule has 2 aromatic rings. The number of benzene rings is 2. The van der Waals surface area contributed by atoms with Gasteiger partial charge in [-0.3, -0.25) is 0 Å². The van der Waals surface area contributed by atoms with Crippen LogP contribution in [0.4, 0.5) is 0 Å². The number of nitrogens with two attached hydrogens (primary N) is 1. The molecule has 0 spiro atoms. The van der Waals surface area contributed by atoms with Crippen LogP contribution >= 0.6 is 34.2 Å². The second-order valence-corrected chi connectivity index (χ2v) is 6.04. The Labute approximate surface area is 126 Å². The van der Waals surface area contributed by atoms with E-state index in [2.05, 4.69) is 46.9 Å². The van der Waals surface area contributed by atoms with Crippen molar-refractivity contribution in [2.75, 3.05) is 0 Å². The van der Waals surface area contributed by atoms with E-state index in [-0.39, 0.29) is 6.04 Å². The lowest BCUT2D eigenvalue weighted by Crippen LogP contribution is -2.14. The lowest BCUT2D eigenvalue weighted by Gasteiger charge is -2.15. The summed E-state index contributed by atoms with van der Waals surface area (Å²) in [6.45, 7) is 2.00. The van der Waals surface area contributed by atoms with E-state index in [0.29, 0.717) is 0 Å². The van der Waals surface area contributed by atoms with Crippen LogP contribution in [0, 0.1) is 10.5 Å². The summed E-state index contributed by atoms with van der Waals surface area (Å²) in [6, 6.07) is 14.4. The SMILES string of the molecule is Cc1cccc(C(N)Cc2ccc(I)cc2)c1Cl. The average Bonchev–Trinajstić information content (AvgIpc) is 2.35. The molecule has 1 nitrogen and oxygen atoms in total. The fourth-order valence-corrected chi connectivity index (χ4v) is 2.57. The first-order valence-corrected chi connectivity index (χ1v) is 7.28. The summed E-state index contributed by atoms with van der Waals surface area (Å²) in [5.41, 5.74) is 9.58. The standard InChI is InChI=1S/C15H15ClIN/c1-10-3-2-4-13(15(10)16)14(18)9-11-5-7-12(17)8-6-11/h2-8,14H,9,18H2,1H3. The lowest BCUT2D eigenvalue weighted by molar-refractivity contribution is 0.721. The van der Waals surface area contributed by atoms with Gasteiger partial charge >= 0.3 is 0 Å². The van der Waals surface area contributed by atoms with Gasteiger partial charge in [-0.25, -0.2) is 0 Å². The zero-order chi connectivity index (χ0) is 13.1. The normalized spacial score (nSPS) is 12.4. The predicted molar refractivity (Wildman–Crippen MR) is 86.0 cm³/mol. The van der Waals surface area contributed by atoms with Crippen LogP contribution in [-0.4, -0.2) is 0 Å². The Balaban J connectivity index is 2.19. The molecule has 0 radical (unpaired) electrons. The van der Waals surface area contributed by atoms with Crippen LogP contribution in [0.5, 0.6) is 0 Å². The van der Waals surface area contributed by atoms with Crippen LogP contribution in [0.2, 0.25) is 5.02 Å². The van der Waals surface area contributed by atoms with Gasteiger partial charge in [0.1, 0.15) is 0 Å². The van der Waals surface area contributed by atoms with Gasteiger partial charge in [-0.15, -0.1) is 0 Å². The molecule has 0 aromatic heterocycles. The molecule has 18 heavy (non-hydrogen) atoms. The molecular formula is C15H15ClIN. The maximum Gasteiger partial charge on any atom is 0.0483 e. The molecule has 0 aliphatic heterocycles. The molecule has 1 atom stereocenters. The second kappa shape index (κ2) is 6.04. The molecule has 0 saturated heterocycles. The summed E-state index contributed by atoms with van der Waals surface area (Å²) < 4.78 is 1.23. The maximum absolute atomic E-state index is 6.30. The highest BCUT2D eigenvalue weighted by Crippen LogP contribution is 2.27. The minimum Gasteiger partial charge on any atom is -0.324 e. The molecule has 0 heterocycles.